The highest BCUT2D eigenvalue weighted by atomic mass is 16.2. The number of nitrogens with one attached hydrogen (secondary N) is 1. The molecule has 20 heavy (non-hydrogen) atoms. The zero-order valence-electron chi connectivity index (χ0n) is 13.2. The van der Waals surface area contributed by atoms with Gasteiger partial charge in [-0.3, -0.25) is 9.89 Å². The van der Waals surface area contributed by atoms with Crippen LogP contribution in [0.1, 0.15) is 76.0 Å². The number of rotatable bonds is 3. The van der Waals surface area contributed by atoms with E-state index >= 15 is 0 Å². The molecule has 1 saturated carbocycles. The third-order valence-corrected chi connectivity index (χ3v) is 4.22. The molecule has 4 nitrogen and oxygen atoms in total. The highest BCUT2D eigenvalue weighted by molar-refractivity contribution is 5.92. The summed E-state index contributed by atoms with van der Waals surface area (Å²) in [6.45, 7) is 9.18. The molecule has 0 radical (unpaired) electrons. The minimum absolute atomic E-state index is 0.00653. The molecule has 1 aliphatic rings. The Hall–Kier alpha value is -1.32. The molecule has 2 rings (SSSR count). The van der Waals surface area contributed by atoms with E-state index in [0.717, 1.165) is 25.1 Å². The monoisotopic (exact) mass is 277 g/mol. The fourth-order valence-corrected chi connectivity index (χ4v) is 2.92. The molecular weight excluding hydrogens is 250 g/mol. The zero-order chi connectivity index (χ0) is 14.8. The second kappa shape index (κ2) is 5.98. The lowest BCUT2D eigenvalue weighted by molar-refractivity contribution is 0.0642. The predicted octanol–water partition coefficient (Wildman–Crippen LogP) is 3.50. The van der Waals surface area contributed by atoms with Gasteiger partial charge >= 0.3 is 0 Å². The molecule has 0 bridgehead atoms. The molecule has 0 aliphatic heterocycles. The van der Waals surface area contributed by atoms with Crippen LogP contribution in [0.5, 0.6) is 0 Å². The normalized spacial score (nSPS) is 17.2. The smallest absolute Gasteiger partial charge is 0.274 e. The van der Waals surface area contributed by atoms with Crippen molar-refractivity contribution in [3.05, 3.63) is 17.5 Å². The van der Waals surface area contributed by atoms with E-state index in [9.17, 15) is 4.79 Å². The number of nitrogens with zero attached hydrogens (tertiary/aromatic N) is 2. The van der Waals surface area contributed by atoms with Gasteiger partial charge in [0.25, 0.3) is 5.91 Å². The maximum absolute atomic E-state index is 12.7. The number of carbonyl (C=O) groups is 1. The summed E-state index contributed by atoms with van der Waals surface area (Å²) in [5.74, 6) is 0.0751. The topological polar surface area (TPSA) is 49.0 Å². The molecule has 1 heterocycles. The Kier molecular flexibility index (Phi) is 4.51. The van der Waals surface area contributed by atoms with Gasteiger partial charge < -0.3 is 4.90 Å². The van der Waals surface area contributed by atoms with E-state index in [1.165, 1.54) is 19.3 Å². The lowest BCUT2D eigenvalue weighted by Gasteiger charge is -2.33. The maximum Gasteiger partial charge on any atom is 0.274 e. The Morgan fingerprint density at radius 2 is 2.00 bits per heavy atom. The van der Waals surface area contributed by atoms with E-state index in [1.807, 2.05) is 11.0 Å². The van der Waals surface area contributed by atoms with E-state index in [1.54, 1.807) is 0 Å². The lowest BCUT2D eigenvalue weighted by atomic mass is 9.92. The van der Waals surface area contributed by atoms with Gasteiger partial charge in [0.05, 0.1) is 0 Å². The molecule has 112 valence electrons. The van der Waals surface area contributed by atoms with E-state index < -0.39 is 0 Å². The Labute approximate surface area is 121 Å². The van der Waals surface area contributed by atoms with Gasteiger partial charge in [-0.25, -0.2) is 0 Å². The van der Waals surface area contributed by atoms with Crippen molar-refractivity contribution in [2.24, 2.45) is 0 Å². The number of carbonyl (C=O) groups excluding carboxylic acids is 1. The number of hydrogen-bond donors (Lipinski definition) is 1. The van der Waals surface area contributed by atoms with Gasteiger partial charge in [-0.2, -0.15) is 5.10 Å². The number of aromatic amines is 1. The largest absolute Gasteiger partial charge is 0.335 e. The van der Waals surface area contributed by atoms with Crippen LogP contribution in [0.3, 0.4) is 0 Å². The number of amides is 1. The fraction of sp³-hybridized carbons (Fsp3) is 0.750. The minimum Gasteiger partial charge on any atom is -0.335 e. The molecule has 1 aliphatic carbocycles. The lowest BCUT2D eigenvalue weighted by Crippen LogP contribution is -2.41. The molecule has 0 atom stereocenters. The van der Waals surface area contributed by atoms with Crippen molar-refractivity contribution in [2.75, 3.05) is 6.54 Å². The van der Waals surface area contributed by atoms with E-state index in [4.69, 9.17) is 0 Å². The van der Waals surface area contributed by atoms with E-state index in [-0.39, 0.29) is 11.3 Å². The first-order chi connectivity index (χ1) is 9.43. The Bertz CT molecular complexity index is 453. The summed E-state index contributed by atoms with van der Waals surface area (Å²) in [4.78, 5) is 14.7. The van der Waals surface area contributed by atoms with Crippen LogP contribution in [0.2, 0.25) is 0 Å². The SMILES string of the molecule is CCN(C(=O)c1cc(C(C)(C)C)[nH]n1)C1CCCCC1. The quantitative estimate of drug-likeness (QED) is 0.919. The summed E-state index contributed by atoms with van der Waals surface area (Å²) in [5.41, 5.74) is 1.57. The van der Waals surface area contributed by atoms with Crippen molar-refractivity contribution in [3.63, 3.8) is 0 Å². The zero-order valence-corrected chi connectivity index (χ0v) is 13.2. The Morgan fingerprint density at radius 3 is 2.50 bits per heavy atom. The van der Waals surface area contributed by atoms with Gasteiger partial charge in [0.1, 0.15) is 5.69 Å². The molecule has 0 saturated heterocycles. The molecule has 0 aromatic carbocycles. The fourth-order valence-electron chi connectivity index (χ4n) is 2.92. The van der Waals surface area contributed by atoms with Gasteiger partial charge in [-0.1, -0.05) is 40.0 Å². The van der Waals surface area contributed by atoms with Crippen LogP contribution in [0.15, 0.2) is 6.07 Å². The molecule has 1 aromatic heterocycles. The number of aromatic nitrogens is 2. The standard InChI is InChI=1S/C16H27N3O/c1-5-19(12-9-7-6-8-10-12)15(20)13-11-14(18-17-13)16(2,3)4/h11-12H,5-10H2,1-4H3,(H,17,18). The second-order valence-corrected chi connectivity index (χ2v) is 6.80. The first-order valence-corrected chi connectivity index (χ1v) is 7.80. The van der Waals surface area contributed by atoms with Crippen LogP contribution in [-0.4, -0.2) is 33.6 Å². The average Bonchev–Trinajstić information content (AvgIpc) is 2.90. The van der Waals surface area contributed by atoms with Gasteiger partial charge in [0.2, 0.25) is 0 Å². The third kappa shape index (κ3) is 3.22. The van der Waals surface area contributed by atoms with Gasteiger partial charge in [0, 0.05) is 23.7 Å². The maximum atomic E-state index is 12.7. The van der Waals surface area contributed by atoms with Crippen LogP contribution in [0.25, 0.3) is 0 Å². The highest BCUT2D eigenvalue weighted by Crippen LogP contribution is 2.25. The molecule has 1 amide bonds. The number of hydrogen-bond acceptors (Lipinski definition) is 2. The van der Waals surface area contributed by atoms with Crippen LogP contribution in [0.4, 0.5) is 0 Å². The first kappa shape index (κ1) is 15.1. The van der Waals surface area contributed by atoms with Crippen molar-refractivity contribution in [1.82, 2.24) is 15.1 Å². The van der Waals surface area contributed by atoms with Crippen molar-refractivity contribution in [1.29, 1.82) is 0 Å². The second-order valence-electron chi connectivity index (χ2n) is 6.80. The highest BCUT2D eigenvalue weighted by Gasteiger charge is 2.27. The number of H-pyrrole nitrogens is 1. The van der Waals surface area contributed by atoms with E-state index in [0.29, 0.717) is 11.7 Å². The van der Waals surface area contributed by atoms with E-state index in [2.05, 4.69) is 37.9 Å². The third-order valence-electron chi connectivity index (χ3n) is 4.22. The molecular formula is C16H27N3O. The molecule has 4 heteroatoms. The van der Waals surface area contributed by atoms with Crippen LogP contribution in [0, 0.1) is 0 Å². The Morgan fingerprint density at radius 1 is 1.35 bits per heavy atom. The summed E-state index contributed by atoms with van der Waals surface area (Å²) >= 11 is 0. The summed E-state index contributed by atoms with van der Waals surface area (Å²) in [7, 11) is 0. The Balaban J connectivity index is 2.13. The summed E-state index contributed by atoms with van der Waals surface area (Å²) < 4.78 is 0. The van der Waals surface area contributed by atoms with Crippen LogP contribution < -0.4 is 0 Å². The summed E-state index contributed by atoms with van der Waals surface area (Å²) in [5, 5.41) is 7.24. The first-order valence-electron chi connectivity index (χ1n) is 7.80. The minimum atomic E-state index is -0.00653. The molecule has 1 fully saturated rings. The van der Waals surface area contributed by atoms with Crippen molar-refractivity contribution < 1.29 is 4.79 Å². The molecule has 0 spiro atoms. The summed E-state index contributed by atoms with van der Waals surface area (Å²) in [6, 6.07) is 2.31. The van der Waals surface area contributed by atoms with Crippen molar-refractivity contribution in [3.8, 4) is 0 Å². The van der Waals surface area contributed by atoms with Gasteiger partial charge in [0.15, 0.2) is 0 Å². The molecule has 1 aromatic rings. The predicted molar refractivity (Wildman–Crippen MR) is 80.9 cm³/mol. The van der Waals surface area contributed by atoms with Crippen molar-refractivity contribution in [2.45, 2.75) is 71.3 Å². The van der Waals surface area contributed by atoms with Crippen LogP contribution >= 0.6 is 0 Å². The summed E-state index contributed by atoms with van der Waals surface area (Å²) in [6.07, 6.45) is 6.05. The van der Waals surface area contributed by atoms with Gasteiger partial charge in [-0.05, 0) is 25.8 Å². The molecule has 1 N–H and O–H groups in total. The average molecular weight is 277 g/mol. The van der Waals surface area contributed by atoms with Gasteiger partial charge in [-0.15, -0.1) is 0 Å². The van der Waals surface area contributed by atoms with Crippen molar-refractivity contribution >= 4 is 5.91 Å². The van der Waals surface area contributed by atoms with Crippen LogP contribution in [-0.2, 0) is 5.41 Å². The molecule has 0 unspecified atom stereocenters.